The highest BCUT2D eigenvalue weighted by atomic mass is 16.5. The van der Waals surface area contributed by atoms with Crippen LogP contribution >= 0.6 is 0 Å². The van der Waals surface area contributed by atoms with Crippen LogP contribution in [0.3, 0.4) is 0 Å². The maximum Gasteiger partial charge on any atom is 0.259 e. The highest BCUT2D eigenvalue weighted by molar-refractivity contribution is 5.98. The number of ether oxygens (including phenoxy) is 1. The van der Waals surface area contributed by atoms with E-state index >= 15 is 0 Å². The molecule has 3 rings (SSSR count). The third kappa shape index (κ3) is 5.84. The summed E-state index contributed by atoms with van der Waals surface area (Å²) in [5.41, 5.74) is 2.36. The molecule has 2 heterocycles. The van der Waals surface area contributed by atoms with Gasteiger partial charge in [-0.25, -0.2) is 4.98 Å². The number of fused-ring (bicyclic) bond motifs is 1. The maximum absolute atomic E-state index is 13.6. The minimum absolute atomic E-state index is 0.00393. The van der Waals surface area contributed by atoms with E-state index in [2.05, 4.69) is 4.98 Å². The molecule has 0 aliphatic carbocycles. The summed E-state index contributed by atoms with van der Waals surface area (Å²) in [6, 6.07) is 8.45. The van der Waals surface area contributed by atoms with Gasteiger partial charge in [0.05, 0.1) is 19.2 Å². The van der Waals surface area contributed by atoms with E-state index in [1.807, 2.05) is 26.0 Å². The third-order valence-corrected chi connectivity index (χ3v) is 6.57. The molecule has 1 aromatic carbocycles. The first kappa shape index (κ1) is 27.1. The lowest BCUT2D eigenvalue weighted by Crippen LogP contribution is -2.50. The van der Waals surface area contributed by atoms with Crippen molar-refractivity contribution in [3.63, 3.8) is 0 Å². The summed E-state index contributed by atoms with van der Waals surface area (Å²) in [4.78, 5) is 47.3. The van der Waals surface area contributed by atoms with Gasteiger partial charge in [0.1, 0.15) is 11.7 Å². The molecule has 0 saturated heterocycles. The zero-order chi connectivity index (χ0) is 26.6. The Morgan fingerprint density at radius 1 is 1.19 bits per heavy atom. The number of hydrogen-bond acceptors (Lipinski definition) is 6. The Balaban J connectivity index is 2.01. The molecular weight excluding hydrogens is 460 g/mol. The molecule has 9 heteroatoms. The summed E-state index contributed by atoms with van der Waals surface area (Å²) in [7, 11) is 5.13. The Morgan fingerprint density at radius 2 is 1.86 bits per heavy atom. The topological polar surface area (TPSA) is 103 Å². The molecule has 0 radical (unpaired) electrons. The standard InChI is InChI=1S/C27H36N4O5/c1-7-24(33)30(6)15-23-17(2)14-31(18(3)16-32)27(35)22-12-21(13-28-25(22)36-23)19-8-10-20(11-9-19)26(34)29(4)5/h8-13,17-18,23,32H,7,14-16H2,1-6H3/t17-,18-,23-/m1/s1. The van der Waals surface area contributed by atoms with E-state index in [4.69, 9.17) is 4.74 Å². The average Bonchev–Trinajstić information content (AvgIpc) is 2.88. The molecule has 0 bridgehead atoms. The van der Waals surface area contributed by atoms with Gasteiger partial charge in [0.2, 0.25) is 11.8 Å². The Morgan fingerprint density at radius 3 is 2.44 bits per heavy atom. The summed E-state index contributed by atoms with van der Waals surface area (Å²) < 4.78 is 6.25. The lowest BCUT2D eigenvalue weighted by Gasteiger charge is -2.37. The van der Waals surface area contributed by atoms with Gasteiger partial charge >= 0.3 is 0 Å². The summed E-state index contributed by atoms with van der Waals surface area (Å²) in [6.45, 7) is 6.12. The van der Waals surface area contributed by atoms with Crippen molar-refractivity contribution < 1.29 is 24.2 Å². The Kier molecular flexibility index (Phi) is 8.68. The zero-order valence-corrected chi connectivity index (χ0v) is 21.9. The number of rotatable bonds is 7. The smallest absolute Gasteiger partial charge is 0.259 e. The average molecular weight is 497 g/mol. The van der Waals surface area contributed by atoms with Crippen molar-refractivity contribution in [1.82, 2.24) is 19.7 Å². The van der Waals surface area contributed by atoms with Crippen LogP contribution in [-0.2, 0) is 4.79 Å². The second kappa shape index (κ2) is 11.5. The summed E-state index contributed by atoms with van der Waals surface area (Å²) >= 11 is 0. The van der Waals surface area contributed by atoms with Crippen LogP contribution in [0.15, 0.2) is 36.5 Å². The fraction of sp³-hybridized carbons (Fsp3) is 0.481. The first-order valence-corrected chi connectivity index (χ1v) is 12.2. The molecule has 1 aliphatic rings. The molecule has 194 valence electrons. The molecule has 0 spiro atoms. The zero-order valence-electron chi connectivity index (χ0n) is 21.9. The van der Waals surface area contributed by atoms with Crippen LogP contribution in [0.1, 0.15) is 47.9 Å². The Bertz CT molecular complexity index is 1100. The highest BCUT2D eigenvalue weighted by Gasteiger charge is 2.34. The summed E-state index contributed by atoms with van der Waals surface area (Å²) in [5.74, 6) is -0.270. The van der Waals surface area contributed by atoms with Gasteiger partial charge in [0, 0.05) is 57.4 Å². The second-order valence-electron chi connectivity index (χ2n) is 9.60. The van der Waals surface area contributed by atoms with Gasteiger partial charge in [-0.05, 0) is 30.7 Å². The largest absolute Gasteiger partial charge is 0.472 e. The first-order chi connectivity index (χ1) is 17.1. The van der Waals surface area contributed by atoms with Crippen molar-refractivity contribution in [2.45, 2.75) is 39.3 Å². The van der Waals surface area contributed by atoms with Crippen LogP contribution in [0.25, 0.3) is 11.1 Å². The van der Waals surface area contributed by atoms with Gasteiger partial charge in [0.25, 0.3) is 11.8 Å². The van der Waals surface area contributed by atoms with Crippen molar-refractivity contribution in [2.24, 2.45) is 5.92 Å². The van der Waals surface area contributed by atoms with Gasteiger partial charge < -0.3 is 24.5 Å². The number of pyridine rings is 1. The van der Waals surface area contributed by atoms with Crippen LogP contribution in [0.5, 0.6) is 5.88 Å². The molecule has 3 amide bonds. The van der Waals surface area contributed by atoms with Gasteiger partial charge in [-0.2, -0.15) is 0 Å². The lowest BCUT2D eigenvalue weighted by molar-refractivity contribution is -0.131. The number of hydrogen-bond donors (Lipinski definition) is 1. The van der Waals surface area contributed by atoms with Gasteiger partial charge in [-0.15, -0.1) is 0 Å². The van der Waals surface area contributed by atoms with Crippen molar-refractivity contribution >= 4 is 17.7 Å². The maximum atomic E-state index is 13.6. The van der Waals surface area contributed by atoms with E-state index in [1.54, 1.807) is 62.3 Å². The van der Waals surface area contributed by atoms with Crippen LogP contribution in [0.4, 0.5) is 0 Å². The van der Waals surface area contributed by atoms with E-state index in [9.17, 15) is 19.5 Å². The minimum atomic E-state index is -0.401. The molecule has 1 N–H and O–H groups in total. The number of nitrogens with zero attached hydrogens (tertiary/aromatic N) is 4. The van der Waals surface area contributed by atoms with Gasteiger partial charge in [-0.3, -0.25) is 14.4 Å². The molecule has 3 atom stereocenters. The summed E-state index contributed by atoms with van der Waals surface area (Å²) in [5, 5.41) is 9.83. The second-order valence-corrected chi connectivity index (χ2v) is 9.60. The van der Waals surface area contributed by atoms with E-state index in [-0.39, 0.29) is 42.2 Å². The molecule has 2 aromatic rings. The van der Waals surface area contributed by atoms with Crippen LogP contribution in [0, 0.1) is 5.92 Å². The number of amides is 3. The number of benzene rings is 1. The molecule has 0 saturated carbocycles. The predicted octanol–water partition coefficient (Wildman–Crippen LogP) is 2.54. The van der Waals surface area contributed by atoms with Crippen molar-refractivity contribution in [3.8, 4) is 17.0 Å². The van der Waals surface area contributed by atoms with Crippen LogP contribution in [0.2, 0.25) is 0 Å². The molecule has 0 fully saturated rings. The van der Waals surface area contributed by atoms with E-state index in [1.165, 1.54) is 4.90 Å². The molecule has 9 nitrogen and oxygen atoms in total. The van der Waals surface area contributed by atoms with Crippen molar-refractivity contribution in [2.75, 3.05) is 40.8 Å². The lowest BCUT2D eigenvalue weighted by atomic mass is 9.98. The first-order valence-electron chi connectivity index (χ1n) is 12.2. The molecule has 36 heavy (non-hydrogen) atoms. The highest BCUT2D eigenvalue weighted by Crippen LogP contribution is 2.30. The predicted molar refractivity (Wildman–Crippen MR) is 137 cm³/mol. The van der Waals surface area contributed by atoms with Crippen molar-refractivity contribution in [3.05, 3.63) is 47.7 Å². The number of aliphatic hydroxyl groups excluding tert-OH is 1. The van der Waals surface area contributed by atoms with Crippen LogP contribution < -0.4 is 4.74 Å². The minimum Gasteiger partial charge on any atom is -0.472 e. The van der Waals surface area contributed by atoms with Crippen LogP contribution in [-0.4, -0.2) is 95.5 Å². The third-order valence-electron chi connectivity index (χ3n) is 6.57. The number of aromatic nitrogens is 1. The molecular formula is C27H36N4O5. The van der Waals surface area contributed by atoms with E-state index in [0.717, 1.165) is 5.56 Å². The normalized spacial score (nSPS) is 18.4. The van der Waals surface area contributed by atoms with Crippen molar-refractivity contribution in [1.29, 1.82) is 0 Å². The molecule has 0 unspecified atom stereocenters. The monoisotopic (exact) mass is 496 g/mol. The van der Waals surface area contributed by atoms with Gasteiger partial charge in [-0.1, -0.05) is 26.0 Å². The Hall–Kier alpha value is -3.46. The molecule has 1 aromatic heterocycles. The van der Waals surface area contributed by atoms with E-state index in [0.29, 0.717) is 36.2 Å². The van der Waals surface area contributed by atoms with Gasteiger partial charge in [0.15, 0.2) is 0 Å². The number of carbonyl (C=O) groups excluding carboxylic acids is 3. The Labute approximate surface area is 212 Å². The van der Waals surface area contributed by atoms with E-state index < -0.39 is 6.04 Å². The quantitative estimate of drug-likeness (QED) is 0.632. The SMILES string of the molecule is CCC(=O)N(C)C[C@H]1Oc2ncc(-c3ccc(C(=O)N(C)C)cc3)cc2C(=O)N([C@H](C)CO)C[C@H]1C. The summed E-state index contributed by atoms with van der Waals surface area (Å²) in [6.07, 6.45) is 1.64. The molecule has 1 aliphatic heterocycles. The number of carbonyl (C=O) groups is 3. The fourth-order valence-corrected chi connectivity index (χ4v) is 4.18. The fourth-order valence-electron chi connectivity index (χ4n) is 4.18. The number of likely N-dealkylation sites (N-methyl/N-ethyl adjacent to an activating group) is 1. The number of aliphatic hydroxyl groups is 1.